The van der Waals surface area contributed by atoms with E-state index >= 15 is 0 Å². The van der Waals surface area contributed by atoms with E-state index in [4.69, 9.17) is 4.18 Å². The minimum atomic E-state index is -3.90. The summed E-state index contributed by atoms with van der Waals surface area (Å²) in [6.07, 6.45) is 2.08. The summed E-state index contributed by atoms with van der Waals surface area (Å²) < 4.78 is 31.6. The predicted octanol–water partition coefficient (Wildman–Crippen LogP) is 1.91. The lowest BCUT2D eigenvalue weighted by Gasteiger charge is -2.06. The summed E-state index contributed by atoms with van der Waals surface area (Å²) in [7, 11) is -3.90. The van der Waals surface area contributed by atoms with E-state index in [9.17, 15) is 8.42 Å². The Balaban J connectivity index is 2.20. The molecule has 0 radical (unpaired) electrons. The van der Waals surface area contributed by atoms with Crippen LogP contribution in [0.3, 0.4) is 0 Å². The fourth-order valence-electron chi connectivity index (χ4n) is 1.44. The molecular formula is C10H13NO4S. The van der Waals surface area contributed by atoms with Gasteiger partial charge in [0.2, 0.25) is 5.75 Å². The molecule has 0 saturated heterocycles. The summed E-state index contributed by atoms with van der Waals surface area (Å²) in [4.78, 5) is 0. The zero-order chi connectivity index (χ0) is 11.6. The first-order valence-electron chi connectivity index (χ1n) is 5.13. The largest absolute Gasteiger partial charge is 0.501 e. The molecule has 0 unspecified atom stereocenters. The molecule has 5 nitrogen and oxygen atoms in total. The van der Waals surface area contributed by atoms with E-state index in [2.05, 4.69) is 16.4 Å². The van der Waals surface area contributed by atoms with Crippen LogP contribution in [0, 0.1) is 0 Å². The molecule has 0 spiro atoms. The topological polar surface area (TPSA) is 64.6 Å². The highest BCUT2D eigenvalue weighted by molar-refractivity contribution is 7.82. The SMILES string of the molecule is CCCCNc1cccc2c1OS(=O)(=O)O2. The number of anilines is 1. The Morgan fingerprint density at radius 2 is 2.12 bits per heavy atom. The first-order valence-corrected chi connectivity index (χ1v) is 6.46. The smallest absolute Gasteiger partial charge is 0.382 e. The van der Waals surface area contributed by atoms with Crippen LogP contribution in [0.1, 0.15) is 19.8 Å². The second-order valence-corrected chi connectivity index (χ2v) is 4.64. The fourth-order valence-corrected chi connectivity index (χ4v) is 2.20. The fraction of sp³-hybridized carbons (Fsp3) is 0.400. The Kier molecular flexibility index (Phi) is 2.91. The summed E-state index contributed by atoms with van der Waals surface area (Å²) in [6, 6.07) is 5.04. The van der Waals surface area contributed by atoms with Crippen LogP contribution in [-0.2, 0) is 10.4 Å². The lowest BCUT2D eigenvalue weighted by Crippen LogP contribution is -2.08. The molecule has 0 saturated carbocycles. The molecule has 0 fully saturated rings. The van der Waals surface area contributed by atoms with Crippen molar-refractivity contribution in [2.24, 2.45) is 0 Å². The average Bonchev–Trinajstić information content (AvgIpc) is 2.53. The van der Waals surface area contributed by atoms with Gasteiger partial charge in [-0.25, -0.2) is 0 Å². The van der Waals surface area contributed by atoms with E-state index < -0.39 is 10.4 Å². The van der Waals surface area contributed by atoms with Gasteiger partial charge in [-0.2, -0.15) is 0 Å². The molecule has 1 aromatic carbocycles. The minimum absolute atomic E-state index is 0.237. The number of nitrogens with one attached hydrogen (secondary N) is 1. The molecule has 0 aromatic heterocycles. The molecule has 0 atom stereocenters. The second-order valence-electron chi connectivity index (χ2n) is 3.49. The zero-order valence-corrected chi connectivity index (χ0v) is 9.71. The summed E-state index contributed by atoms with van der Waals surface area (Å²) in [5, 5.41) is 3.11. The van der Waals surface area contributed by atoms with Crippen LogP contribution < -0.4 is 13.7 Å². The van der Waals surface area contributed by atoms with Crippen LogP contribution in [0.15, 0.2) is 18.2 Å². The van der Waals surface area contributed by atoms with Gasteiger partial charge in [-0.05, 0) is 18.6 Å². The predicted molar refractivity (Wildman–Crippen MR) is 60.0 cm³/mol. The number of rotatable bonds is 4. The molecular weight excluding hydrogens is 230 g/mol. The van der Waals surface area contributed by atoms with Gasteiger partial charge in [0.15, 0.2) is 5.75 Å². The third-order valence-electron chi connectivity index (χ3n) is 2.20. The van der Waals surface area contributed by atoms with E-state index in [1.54, 1.807) is 18.2 Å². The summed E-state index contributed by atoms with van der Waals surface area (Å²) >= 11 is 0. The number of unbranched alkanes of at least 4 members (excludes halogenated alkanes) is 1. The highest BCUT2D eigenvalue weighted by Gasteiger charge is 2.30. The molecule has 1 aliphatic heterocycles. The van der Waals surface area contributed by atoms with Crippen LogP contribution in [0.2, 0.25) is 0 Å². The number of benzene rings is 1. The number of para-hydroxylation sites is 1. The quantitative estimate of drug-likeness (QED) is 0.818. The van der Waals surface area contributed by atoms with Crippen molar-refractivity contribution in [3.8, 4) is 11.5 Å². The first kappa shape index (κ1) is 11.1. The third kappa shape index (κ3) is 2.21. The van der Waals surface area contributed by atoms with Gasteiger partial charge >= 0.3 is 10.4 Å². The van der Waals surface area contributed by atoms with Crippen molar-refractivity contribution in [2.75, 3.05) is 11.9 Å². The molecule has 1 aliphatic rings. The molecule has 6 heteroatoms. The third-order valence-corrected chi connectivity index (χ3v) is 2.96. The van der Waals surface area contributed by atoms with Crippen LogP contribution in [0.5, 0.6) is 11.5 Å². The molecule has 2 rings (SSSR count). The van der Waals surface area contributed by atoms with Gasteiger partial charge in [-0.3, -0.25) is 0 Å². The van der Waals surface area contributed by atoms with Gasteiger partial charge in [0, 0.05) is 6.54 Å². The van der Waals surface area contributed by atoms with Gasteiger partial charge in [0.05, 0.1) is 5.69 Å². The summed E-state index contributed by atoms with van der Waals surface area (Å²) in [5.41, 5.74) is 0.645. The second kappa shape index (κ2) is 4.21. The van der Waals surface area contributed by atoms with Crippen LogP contribution in [-0.4, -0.2) is 15.0 Å². The standard InChI is InChI=1S/C10H13NO4S/c1-2-3-7-11-8-5-4-6-9-10(8)15-16(12,13)14-9/h4-6,11H,2-3,7H2,1H3. The van der Waals surface area contributed by atoms with E-state index in [0.717, 1.165) is 19.4 Å². The van der Waals surface area contributed by atoms with Crippen LogP contribution in [0.25, 0.3) is 0 Å². The molecule has 0 aliphatic carbocycles. The molecule has 0 bridgehead atoms. The summed E-state index contributed by atoms with van der Waals surface area (Å²) in [6.45, 7) is 2.86. The van der Waals surface area contributed by atoms with E-state index in [0.29, 0.717) is 5.69 Å². The van der Waals surface area contributed by atoms with Crippen molar-refractivity contribution in [1.29, 1.82) is 0 Å². The van der Waals surface area contributed by atoms with Crippen molar-refractivity contribution in [2.45, 2.75) is 19.8 Å². The van der Waals surface area contributed by atoms with Gasteiger partial charge in [0.1, 0.15) is 0 Å². The van der Waals surface area contributed by atoms with Gasteiger partial charge in [-0.1, -0.05) is 19.4 Å². The Labute approximate surface area is 94.7 Å². The average molecular weight is 243 g/mol. The highest BCUT2D eigenvalue weighted by atomic mass is 32.3. The lowest BCUT2D eigenvalue weighted by molar-refractivity contribution is 0.436. The monoisotopic (exact) mass is 243 g/mol. The van der Waals surface area contributed by atoms with Crippen molar-refractivity contribution in [3.05, 3.63) is 18.2 Å². The molecule has 1 aromatic rings. The van der Waals surface area contributed by atoms with Crippen molar-refractivity contribution >= 4 is 16.1 Å². The van der Waals surface area contributed by atoms with E-state index in [1.807, 2.05) is 0 Å². The maximum atomic E-state index is 11.1. The van der Waals surface area contributed by atoms with Crippen molar-refractivity contribution < 1.29 is 16.8 Å². The minimum Gasteiger partial charge on any atom is -0.382 e. The maximum absolute atomic E-state index is 11.1. The number of hydrogen-bond acceptors (Lipinski definition) is 5. The zero-order valence-electron chi connectivity index (χ0n) is 8.89. The Hall–Kier alpha value is -1.43. The Morgan fingerprint density at radius 3 is 2.88 bits per heavy atom. The van der Waals surface area contributed by atoms with Crippen LogP contribution in [0.4, 0.5) is 5.69 Å². The lowest BCUT2D eigenvalue weighted by atomic mass is 10.2. The van der Waals surface area contributed by atoms with Gasteiger partial charge in [0.25, 0.3) is 0 Å². The Morgan fingerprint density at radius 1 is 1.31 bits per heavy atom. The van der Waals surface area contributed by atoms with Crippen molar-refractivity contribution in [3.63, 3.8) is 0 Å². The number of fused-ring (bicyclic) bond motifs is 1. The molecule has 88 valence electrons. The van der Waals surface area contributed by atoms with Crippen LogP contribution >= 0.6 is 0 Å². The molecule has 16 heavy (non-hydrogen) atoms. The van der Waals surface area contributed by atoms with Gasteiger partial charge < -0.3 is 13.7 Å². The normalized spacial score (nSPS) is 16.1. The Bertz CT molecular complexity index is 484. The maximum Gasteiger partial charge on any atom is 0.501 e. The molecule has 1 N–H and O–H groups in total. The molecule has 1 heterocycles. The van der Waals surface area contributed by atoms with E-state index in [-0.39, 0.29) is 11.5 Å². The summed E-state index contributed by atoms with van der Waals surface area (Å²) in [5.74, 6) is 0.486. The van der Waals surface area contributed by atoms with Gasteiger partial charge in [-0.15, -0.1) is 8.42 Å². The molecule has 0 amide bonds. The first-order chi connectivity index (χ1) is 7.62. The van der Waals surface area contributed by atoms with Crippen molar-refractivity contribution in [1.82, 2.24) is 0 Å². The van der Waals surface area contributed by atoms with E-state index in [1.165, 1.54) is 0 Å². The highest BCUT2D eigenvalue weighted by Crippen LogP contribution is 2.41. The number of hydrogen-bond donors (Lipinski definition) is 1.